The highest BCUT2D eigenvalue weighted by atomic mass is 32.1. The first-order valence-corrected chi connectivity index (χ1v) is 12.3. The van der Waals surface area contributed by atoms with Crippen LogP contribution < -0.4 is 5.32 Å². The predicted octanol–water partition coefficient (Wildman–Crippen LogP) is 5.29. The molecule has 0 radical (unpaired) electrons. The normalized spacial score (nSPS) is 21.5. The molecular weight excluding hydrogens is 420 g/mol. The minimum atomic E-state index is -0.153. The summed E-state index contributed by atoms with van der Waals surface area (Å²) in [5, 5.41) is 3.99. The zero-order valence-electron chi connectivity index (χ0n) is 18.1. The van der Waals surface area contributed by atoms with E-state index in [1.807, 2.05) is 53.4 Å². The minimum Gasteiger partial charge on any atom is -0.333 e. The lowest BCUT2D eigenvalue weighted by Gasteiger charge is -2.39. The third-order valence-corrected chi connectivity index (χ3v) is 7.60. The monoisotopic (exact) mass is 448 g/mol. The van der Waals surface area contributed by atoms with Crippen LogP contribution in [0.3, 0.4) is 0 Å². The van der Waals surface area contributed by atoms with Crippen LogP contribution in [0.15, 0.2) is 54.6 Å². The van der Waals surface area contributed by atoms with Crippen molar-refractivity contribution in [1.29, 1.82) is 0 Å². The molecule has 1 aromatic heterocycles. The van der Waals surface area contributed by atoms with Crippen LogP contribution in [0.25, 0.3) is 10.2 Å². The first kappa shape index (κ1) is 20.9. The van der Waals surface area contributed by atoms with Gasteiger partial charge in [-0.1, -0.05) is 30.3 Å². The van der Waals surface area contributed by atoms with Crippen molar-refractivity contribution in [1.82, 2.24) is 14.8 Å². The Labute approximate surface area is 192 Å². The SMILES string of the molecule is O=C(Nc1ccccc1)N1CCC[C@H](C(=O)N2CCCC[C@@H]2c2nc3ccccc3s2)C1. The highest BCUT2D eigenvalue weighted by molar-refractivity contribution is 7.18. The molecule has 0 saturated carbocycles. The number of hydrogen-bond acceptors (Lipinski definition) is 4. The summed E-state index contributed by atoms with van der Waals surface area (Å²) in [6, 6.07) is 17.6. The van der Waals surface area contributed by atoms with E-state index < -0.39 is 0 Å². The molecule has 1 N–H and O–H groups in total. The molecule has 6 nitrogen and oxygen atoms in total. The number of piperidine rings is 2. The average Bonchev–Trinajstić information content (AvgIpc) is 3.28. The fourth-order valence-electron chi connectivity index (χ4n) is 4.81. The van der Waals surface area contributed by atoms with E-state index >= 15 is 0 Å². The van der Waals surface area contributed by atoms with Gasteiger partial charge in [0.2, 0.25) is 5.91 Å². The number of nitrogens with zero attached hydrogens (tertiary/aromatic N) is 3. The number of hydrogen-bond donors (Lipinski definition) is 1. The lowest BCUT2D eigenvalue weighted by molar-refractivity contribution is -0.140. The van der Waals surface area contributed by atoms with Crippen molar-refractivity contribution < 1.29 is 9.59 Å². The molecule has 2 aliphatic rings. The van der Waals surface area contributed by atoms with Gasteiger partial charge in [-0.2, -0.15) is 0 Å². The van der Waals surface area contributed by atoms with Crippen LogP contribution in [0.1, 0.15) is 43.2 Å². The van der Waals surface area contributed by atoms with Gasteiger partial charge in [0, 0.05) is 25.3 Å². The zero-order chi connectivity index (χ0) is 21.9. The Kier molecular flexibility index (Phi) is 6.08. The number of likely N-dealkylation sites (tertiary alicyclic amines) is 2. The summed E-state index contributed by atoms with van der Waals surface area (Å²) < 4.78 is 1.17. The maximum atomic E-state index is 13.6. The molecule has 2 atom stereocenters. The first-order valence-electron chi connectivity index (χ1n) is 11.5. The Bertz CT molecular complexity index is 1070. The molecule has 5 rings (SSSR count). The van der Waals surface area contributed by atoms with Gasteiger partial charge in [-0.3, -0.25) is 4.79 Å². The molecule has 32 heavy (non-hydrogen) atoms. The zero-order valence-corrected chi connectivity index (χ0v) is 18.9. The Morgan fingerprint density at radius 1 is 0.938 bits per heavy atom. The van der Waals surface area contributed by atoms with Crippen LogP contribution in [-0.4, -0.2) is 46.4 Å². The van der Waals surface area contributed by atoms with Gasteiger partial charge in [0.1, 0.15) is 5.01 Å². The van der Waals surface area contributed by atoms with Crippen molar-refractivity contribution in [3.05, 3.63) is 59.6 Å². The van der Waals surface area contributed by atoms with E-state index in [0.29, 0.717) is 13.1 Å². The molecule has 7 heteroatoms. The van der Waals surface area contributed by atoms with Crippen molar-refractivity contribution in [2.24, 2.45) is 5.92 Å². The number of fused-ring (bicyclic) bond motifs is 1. The first-order chi connectivity index (χ1) is 15.7. The van der Waals surface area contributed by atoms with Gasteiger partial charge < -0.3 is 15.1 Å². The number of aromatic nitrogens is 1. The molecule has 0 bridgehead atoms. The van der Waals surface area contributed by atoms with Crippen LogP contribution in [0.4, 0.5) is 10.5 Å². The highest BCUT2D eigenvalue weighted by Gasteiger charge is 2.36. The topological polar surface area (TPSA) is 65.5 Å². The van der Waals surface area contributed by atoms with Gasteiger partial charge in [0.25, 0.3) is 0 Å². The van der Waals surface area contributed by atoms with E-state index in [4.69, 9.17) is 4.98 Å². The molecule has 0 aliphatic carbocycles. The molecule has 2 aliphatic heterocycles. The lowest BCUT2D eigenvalue weighted by Crippen LogP contribution is -2.49. The van der Waals surface area contributed by atoms with E-state index in [0.717, 1.165) is 54.9 Å². The Morgan fingerprint density at radius 2 is 1.75 bits per heavy atom. The maximum Gasteiger partial charge on any atom is 0.321 e. The number of nitrogens with one attached hydrogen (secondary N) is 1. The molecule has 0 spiro atoms. The largest absolute Gasteiger partial charge is 0.333 e. The number of benzene rings is 2. The number of carbonyl (C=O) groups excluding carboxylic acids is 2. The molecule has 166 valence electrons. The Morgan fingerprint density at radius 3 is 2.59 bits per heavy atom. The van der Waals surface area contributed by atoms with Crippen LogP contribution >= 0.6 is 11.3 Å². The minimum absolute atomic E-state index is 0.0437. The lowest BCUT2D eigenvalue weighted by atomic mass is 9.93. The van der Waals surface area contributed by atoms with Crippen molar-refractivity contribution in [3.63, 3.8) is 0 Å². The molecule has 2 fully saturated rings. The number of thiazole rings is 1. The Balaban J connectivity index is 1.29. The summed E-state index contributed by atoms with van der Waals surface area (Å²) in [5.74, 6) is 0.0198. The van der Waals surface area contributed by atoms with E-state index in [1.54, 1.807) is 16.2 Å². The van der Waals surface area contributed by atoms with Gasteiger partial charge >= 0.3 is 6.03 Å². The van der Waals surface area contributed by atoms with Crippen LogP contribution in [0.2, 0.25) is 0 Å². The molecule has 2 aromatic carbocycles. The van der Waals surface area contributed by atoms with Crippen LogP contribution in [0.5, 0.6) is 0 Å². The quantitative estimate of drug-likeness (QED) is 0.592. The summed E-state index contributed by atoms with van der Waals surface area (Å²) in [4.78, 5) is 35.1. The second-order valence-electron chi connectivity index (χ2n) is 8.64. The summed E-state index contributed by atoms with van der Waals surface area (Å²) in [6.45, 7) is 1.93. The smallest absolute Gasteiger partial charge is 0.321 e. The summed E-state index contributed by atoms with van der Waals surface area (Å²) in [7, 11) is 0. The van der Waals surface area contributed by atoms with Gasteiger partial charge in [0.15, 0.2) is 0 Å². The number of urea groups is 1. The third-order valence-electron chi connectivity index (χ3n) is 6.46. The number of amides is 3. The van der Waals surface area contributed by atoms with Crippen molar-refractivity contribution in [3.8, 4) is 0 Å². The summed E-state index contributed by atoms with van der Waals surface area (Å²) in [5.41, 5.74) is 1.78. The average molecular weight is 449 g/mol. The van der Waals surface area contributed by atoms with Crippen LogP contribution in [0, 0.1) is 5.92 Å². The Hall–Kier alpha value is -2.93. The number of rotatable bonds is 3. The second kappa shape index (κ2) is 9.28. The molecule has 0 unspecified atom stereocenters. The summed E-state index contributed by atoms with van der Waals surface area (Å²) in [6.07, 6.45) is 4.77. The predicted molar refractivity (Wildman–Crippen MR) is 128 cm³/mol. The van der Waals surface area contributed by atoms with Crippen molar-refractivity contribution in [2.75, 3.05) is 25.0 Å². The summed E-state index contributed by atoms with van der Waals surface area (Å²) >= 11 is 1.70. The fraction of sp³-hybridized carbons (Fsp3) is 0.400. The van der Waals surface area contributed by atoms with Gasteiger partial charge in [-0.25, -0.2) is 9.78 Å². The second-order valence-corrected chi connectivity index (χ2v) is 9.71. The number of anilines is 1. The van der Waals surface area contributed by atoms with Gasteiger partial charge in [-0.15, -0.1) is 11.3 Å². The van der Waals surface area contributed by atoms with Crippen LogP contribution in [-0.2, 0) is 4.79 Å². The third kappa shape index (κ3) is 4.35. The van der Waals surface area contributed by atoms with Crippen molar-refractivity contribution >= 4 is 39.2 Å². The standard InChI is InChI=1S/C25H28N4O2S/c30-24(18-9-8-15-28(17-18)25(31)26-19-10-2-1-3-11-19)29-16-7-6-13-21(29)23-27-20-12-4-5-14-22(20)32-23/h1-5,10-12,14,18,21H,6-9,13,15-17H2,(H,26,31)/t18-,21+/m0/s1. The molecule has 3 heterocycles. The highest BCUT2D eigenvalue weighted by Crippen LogP contribution is 2.37. The van der Waals surface area contributed by atoms with Gasteiger partial charge in [-0.05, 0) is 56.4 Å². The number of carbonyl (C=O) groups is 2. The number of para-hydroxylation sites is 2. The van der Waals surface area contributed by atoms with Gasteiger partial charge in [0.05, 0.1) is 22.2 Å². The van der Waals surface area contributed by atoms with E-state index in [9.17, 15) is 9.59 Å². The maximum absolute atomic E-state index is 13.6. The molecule has 3 aromatic rings. The molecule has 2 saturated heterocycles. The molecule has 3 amide bonds. The molecular formula is C25H28N4O2S. The fourth-order valence-corrected chi connectivity index (χ4v) is 5.92. The van der Waals surface area contributed by atoms with E-state index in [-0.39, 0.29) is 23.9 Å². The van der Waals surface area contributed by atoms with Crippen molar-refractivity contribution in [2.45, 2.75) is 38.1 Å². The van der Waals surface area contributed by atoms with E-state index in [2.05, 4.69) is 11.4 Å². The van der Waals surface area contributed by atoms with E-state index in [1.165, 1.54) is 4.70 Å².